The Bertz CT molecular complexity index is 346. The highest BCUT2D eigenvalue weighted by Crippen LogP contribution is 2.31. The molecule has 0 heterocycles. The van der Waals surface area contributed by atoms with Crippen LogP contribution in [0.1, 0.15) is 18.0 Å². The van der Waals surface area contributed by atoms with Crippen LogP contribution in [0.5, 0.6) is 5.75 Å². The lowest BCUT2D eigenvalue weighted by atomic mass is 10.0. The van der Waals surface area contributed by atoms with E-state index in [4.69, 9.17) is 15.6 Å². The van der Waals surface area contributed by atoms with Crippen LogP contribution in [-0.4, -0.2) is 18.8 Å². The molecule has 0 aliphatic rings. The molecule has 5 heteroatoms. The summed E-state index contributed by atoms with van der Waals surface area (Å²) in [6.07, 6.45) is 0.301. The van der Waals surface area contributed by atoms with Crippen molar-refractivity contribution >= 4 is 15.9 Å². The van der Waals surface area contributed by atoms with Crippen LogP contribution in [0.3, 0.4) is 0 Å². The van der Waals surface area contributed by atoms with Gasteiger partial charge in [-0.2, -0.15) is 0 Å². The Hall–Kier alpha value is -0.650. The third-order valence-electron chi connectivity index (χ3n) is 2.09. The second kappa shape index (κ2) is 5.44. The first-order valence-electron chi connectivity index (χ1n) is 4.49. The van der Waals surface area contributed by atoms with Gasteiger partial charge < -0.3 is 15.6 Å². The summed E-state index contributed by atoms with van der Waals surface area (Å²) in [7, 11) is 1.45. The monoisotopic (exact) mass is 277 g/mol. The average molecular weight is 278 g/mol. The third kappa shape index (κ3) is 2.90. The highest BCUT2D eigenvalue weighted by molar-refractivity contribution is 9.10. The lowest BCUT2D eigenvalue weighted by molar-refractivity contribution is 0.273. The minimum absolute atomic E-state index is 0.0835. The zero-order valence-electron chi connectivity index (χ0n) is 8.34. The largest absolute Gasteiger partial charge is 0.496 e. The lowest BCUT2D eigenvalue weighted by Gasteiger charge is -2.16. The van der Waals surface area contributed by atoms with Crippen LogP contribution in [0.2, 0.25) is 0 Å². The Morgan fingerprint density at radius 3 is 2.80 bits per heavy atom. The topological polar surface area (TPSA) is 55.5 Å². The van der Waals surface area contributed by atoms with Crippen molar-refractivity contribution < 1.29 is 14.2 Å². The van der Waals surface area contributed by atoms with Crippen molar-refractivity contribution in [1.29, 1.82) is 0 Å². The molecule has 0 fully saturated rings. The summed E-state index contributed by atoms with van der Waals surface area (Å²) in [6, 6.07) is 2.42. The molecular formula is C10H13BrFNO2. The summed E-state index contributed by atoms with van der Waals surface area (Å²) >= 11 is 3.17. The fourth-order valence-electron chi connectivity index (χ4n) is 1.37. The van der Waals surface area contributed by atoms with E-state index in [1.165, 1.54) is 13.2 Å². The van der Waals surface area contributed by atoms with Crippen LogP contribution in [-0.2, 0) is 0 Å². The van der Waals surface area contributed by atoms with Gasteiger partial charge in [0, 0.05) is 22.7 Å². The second-order valence-electron chi connectivity index (χ2n) is 3.12. The summed E-state index contributed by atoms with van der Waals surface area (Å²) in [5.41, 5.74) is 6.04. The molecule has 1 aromatic carbocycles. The number of hydrogen-bond donors (Lipinski definition) is 2. The summed E-state index contributed by atoms with van der Waals surface area (Å²) in [4.78, 5) is 0. The van der Waals surface area contributed by atoms with E-state index < -0.39 is 11.9 Å². The summed E-state index contributed by atoms with van der Waals surface area (Å²) < 4.78 is 19.2. The molecule has 0 bridgehead atoms. The molecule has 0 radical (unpaired) electrons. The van der Waals surface area contributed by atoms with Gasteiger partial charge in [0.05, 0.1) is 7.11 Å². The Balaban J connectivity index is 3.14. The van der Waals surface area contributed by atoms with Gasteiger partial charge in [0.25, 0.3) is 0 Å². The van der Waals surface area contributed by atoms with E-state index in [0.717, 1.165) is 0 Å². The first-order chi connectivity index (χ1) is 7.10. The Labute approximate surface area is 96.2 Å². The number of aliphatic hydroxyl groups is 1. The van der Waals surface area contributed by atoms with E-state index >= 15 is 0 Å². The molecule has 0 spiro atoms. The van der Waals surface area contributed by atoms with Crippen molar-refractivity contribution in [2.45, 2.75) is 12.5 Å². The van der Waals surface area contributed by atoms with E-state index in [1.54, 1.807) is 6.07 Å². The van der Waals surface area contributed by atoms with Gasteiger partial charge in [0.2, 0.25) is 0 Å². The number of hydrogen-bond acceptors (Lipinski definition) is 3. The molecule has 1 aromatic rings. The molecule has 1 unspecified atom stereocenters. The van der Waals surface area contributed by atoms with Crippen molar-refractivity contribution in [3.63, 3.8) is 0 Å². The predicted octanol–water partition coefficient (Wildman–Crippen LogP) is 1.98. The van der Waals surface area contributed by atoms with Crippen molar-refractivity contribution in [1.82, 2.24) is 0 Å². The van der Waals surface area contributed by atoms with Crippen molar-refractivity contribution in [3.8, 4) is 5.75 Å². The zero-order valence-corrected chi connectivity index (χ0v) is 9.92. The van der Waals surface area contributed by atoms with Crippen LogP contribution in [0.15, 0.2) is 16.6 Å². The van der Waals surface area contributed by atoms with Crippen molar-refractivity contribution in [3.05, 3.63) is 28.0 Å². The van der Waals surface area contributed by atoms with Gasteiger partial charge in [-0.05, 0) is 18.6 Å². The molecular weight excluding hydrogens is 265 g/mol. The van der Waals surface area contributed by atoms with Crippen LogP contribution < -0.4 is 10.5 Å². The molecule has 3 N–H and O–H groups in total. The number of halogens is 2. The number of ether oxygens (including phenoxy) is 1. The number of rotatable bonds is 4. The summed E-state index contributed by atoms with van der Waals surface area (Å²) in [5.74, 6) is -0.0370. The molecule has 0 amide bonds. The van der Waals surface area contributed by atoms with Gasteiger partial charge in [-0.3, -0.25) is 0 Å². The van der Waals surface area contributed by atoms with Crippen LogP contribution in [0.4, 0.5) is 4.39 Å². The van der Waals surface area contributed by atoms with E-state index in [-0.39, 0.29) is 6.61 Å². The fraction of sp³-hybridized carbons (Fsp3) is 0.400. The van der Waals surface area contributed by atoms with Gasteiger partial charge in [-0.15, -0.1) is 0 Å². The van der Waals surface area contributed by atoms with Gasteiger partial charge in [-0.25, -0.2) is 4.39 Å². The van der Waals surface area contributed by atoms with Gasteiger partial charge in [0.1, 0.15) is 11.6 Å². The van der Waals surface area contributed by atoms with Crippen molar-refractivity contribution in [2.75, 3.05) is 13.7 Å². The quantitative estimate of drug-likeness (QED) is 0.885. The van der Waals surface area contributed by atoms with E-state index in [1.807, 2.05) is 0 Å². The first-order valence-corrected chi connectivity index (χ1v) is 5.28. The first kappa shape index (κ1) is 12.4. The van der Waals surface area contributed by atoms with Gasteiger partial charge in [0.15, 0.2) is 0 Å². The maximum absolute atomic E-state index is 13.6. The summed E-state index contributed by atoms with van der Waals surface area (Å²) in [6.45, 7) is -0.0835. The molecule has 0 aliphatic heterocycles. The maximum atomic E-state index is 13.6. The van der Waals surface area contributed by atoms with Gasteiger partial charge >= 0.3 is 0 Å². The van der Waals surface area contributed by atoms with Gasteiger partial charge in [-0.1, -0.05) is 15.9 Å². The molecule has 0 saturated heterocycles. The highest BCUT2D eigenvalue weighted by Gasteiger charge is 2.17. The minimum atomic E-state index is -0.557. The van der Waals surface area contributed by atoms with Crippen LogP contribution in [0, 0.1) is 5.82 Å². The molecule has 0 aliphatic carbocycles. The second-order valence-corrected chi connectivity index (χ2v) is 4.04. The van der Waals surface area contributed by atoms with E-state index in [0.29, 0.717) is 22.2 Å². The SMILES string of the molecule is COc1cc(Br)cc(F)c1C(N)CCO. The highest BCUT2D eigenvalue weighted by atomic mass is 79.9. The maximum Gasteiger partial charge on any atom is 0.132 e. The number of aliphatic hydroxyl groups excluding tert-OH is 1. The number of benzene rings is 1. The molecule has 15 heavy (non-hydrogen) atoms. The predicted molar refractivity (Wildman–Crippen MR) is 59.3 cm³/mol. The number of nitrogens with two attached hydrogens (primary N) is 1. The normalized spacial score (nSPS) is 12.6. The molecule has 0 saturated carbocycles. The van der Waals surface area contributed by atoms with Crippen LogP contribution >= 0.6 is 15.9 Å². The third-order valence-corrected chi connectivity index (χ3v) is 2.54. The standard InChI is InChI=1S/C10H13BrFNO2/c1-15-9-5-6(11)4-7(12)10(9)8(13)2-3-14/h4-5,8,14H,2-3,13H2,1H3. The van der Waals surface area contributed by atoms with Crippen LogP contribution in [0.25, 0.3) is 0 Å². The molecule has 1 rings (SSSR count). The van der Waals surface area contributed by atoms with Crippen molar-refractivity contribution in [2.24, 2.45) is 5.73 Å². The molecule has 84 valence electrons. The summed E-state index contributed by atoms with van der Waals surface area (Å²) in [5, 5.41) is 8.75. The Morgan fingerprint density at radius 2 is 2.27 bits per heavy atom. The molecule has 3 nitrogen and oxygen atoms in total. The number of methoxy groups -OCH3 is 1. The Kier molecular flexibility index (Phi) is 4.50. The fourth-order valence-corrected chi connectivity index (χ4v) is 1.78. The Morgan fingerprint density at radius 1 is 1.60 bits per heavy atom. The molecule has 0 aromatic heterocycles. The zero-order chi connectivity index (χ0) is 11.4. The smallest absolute Gasteiger partial charge is 0.132 e. The average Bonchev–Trinajstić information content (AvgIpc) is 2.16. The molecule has 1 atom stereocenters. The minimum Gasteiger partial charge on any atom is -0.496 e. The van der Waals surface area contributed by atoms with E-state index in [9.17, 15) is 4.39 Å². The van der Waals surface area contributed by atoms with E-state index in [2.05, 4.69) is 15.9 Å². The lowest BCUT2D eigenvalue weighted by Crippen LogP contribution is -2.15.